The Hall–Kier alpha value is -3.12. The molecular formula is C24H31N3O3. The van der Waals surface area contributed by atoms with Crippen LogP contribution in [-0.2, 0) is 16.1 Å². The number of aryl methyl sites for hydroxylation is 2. The molecule has 0 aliphatic heterocycles. The highest BCUT2D eigenvalue weighted by atomic mass is 16.5. The maximum atomic E-state index is 12.5. The molecule has 0 saturated heterocycles. The molecule has 2 aromatic rings. The molecule has 2 amide bonds. The molecule has 0 spiro atoms. The molecule has 1 atom stereocenters. The fraction of sp³-hybridized carbons (Fsp3) is 0.333. The number of ether oxygens (including phenoxy) is 1. The molecule has 2 rings (SSSR count). The third-order valence-corrected chi connectivity index (χ3v) is 4.93. The summed E-state index contributed by atoms with van der Waals surface area (Å²) in [6.07, 6.45) is 1.70. The predicted octanol–water partition coefficient (Wildman–Crippen LogP) is 3.44. The topological polar surface area (TPSA) is 70.7 Å². The first kappa shape index (κ1) is 23.2. The Kier molecular flexibility index (Phi) is 8.62. The van der Waals surface area contributed by atoms with Crippen LogP contribution in [0.5, 0.6) is 5.75 Å². The Bertz CT molecular complexity index is 858. The van der Waals surface area contributed by atoms with Gasteiger partial charge in [-0.1, -0.05) is 43.0 Å². The molecule has 30 heavy (non-hydrogen) atoms. The third-order valence-electron chi connectivity index (χ3n) is 4.93. The van der Waals surface area contributed by atoms with Crippen molar-refractivity contribution in [1.29, 1.82) is 0 Å². The van der Waals surface area contributed by atoms with E-state index >= 15 is 0 Å². The Morgan fingerprint density at radius 3 is 2.37 bits per heavy atom. The zero-order chi connectivity index (χ0) is 22.1. The quantitative estimate of drug-likeness (QED) is 0.590. The summed E-state index contributed by atoms with van der Waals surface area (Å²) in [5.74, 6) is 0.341. The van der Waals surface area contributed by atoms with E-state index in [1.54, 1.807) is 6.08 Å². The molecule has 6 heteroatoms. The molecule has 2 N–H and O–H groups in total. The van der Waals surface area contributed by atoms with E-state index in [9.17, 15) is 9.59 Å². The summed E-state index contributed by atoms with van der Waals surface area (Å²) in [7, 11) is 1.88. The lowest BCUT2D eigenvalue weighted by molar-refractivity contribution is -0.127. The Balaban J connectivity index is 1.83. The van der Waals surface area contributed by atoms with Crippen LogP contribution in [0.4, 0.5) is 5.69 Å². The van der Waals surface area contributed by atoms with Crippen molar-refractivity contribution >= 4 is 17.5 Å². The van der Waals surface area contributed by atoms with Crippen molar-refractivity contribution in [3.05, 3.63) is 71.8 Å². The summed E-state index contributed by atoms with van der Waals surface area (Å²) < 4.78 is 5.48. The highest BCUT2D eigenvalue weighted by molar-refractivity contribution is 5.96. The van der Waals surface area contributed by atoms with Gasteiger partial charge in [0.05, 0.1) is 12.6 Å². The number of hydrogen-bond donors (Lipinski definition) is 2. The second kappa shape index (κ2) is 11.2. The standard InChI is InChI=1S/C24H31N3O3/c1-6-14-30-21-12-10-20(11-13-21)16-27(5)19(4)24(29)25-15-22(28)26-23-17(2)8-7-9-18(23)3/h6-13,19H,1,14-16H2,2-5H3,(H,25,29)(H,26,28)/t19-/m1/s1. The second-order valence-electron chi connectivity index (χ2n) is 7.37. The molecule has 6 nitrogen and oxygen atoms in total. The Morgan fingerprint density at radius 2 is 1.77 bits per heavy atom. The summed E-state index contributed by atoms with van der Waals surface area (Å²) in [4.78, 5) is 26.7. The van der Waals surface area contributed by atoms with Crippen LogP contribution in [0, 0.1) is 13.8 Å². The molecule has 0 heterocycles. The van der Waals surface area contributed by atoms with Crippen LogP contribution in [0.1, 0.15) is 23.6 Å². The van der Waals surface area contributed by atoms with E-state index in [0.717, 1.165) is 28.1 Å². The smallest absolute Gasteiger partial charge is 0.243 e. The molecule has 0 aliphatic rings. The number of hydrogen-bond acceptors (Lipinski definition) is 4. The van der Waals surface area contributed by atoms with Crippen LogP contribution >= 0.6 is 0 Å². The molecule has 0 unspecified atom stereocenters. The minimum Gasteiger partial charge on any atom is -0.490 e. The van der Waals surface area contributed by atoms with Crippen LogP contribution in [0.2, 0.25) is 0 Å². The molecule has 0 fully saturated rings. The fourth-order valence-corrected chi connectivity index (χ4v) is 2.98. The van der Waals surface area contributed by atoms with Gasteiger partial charge in [0.25, 0.3) is 0 Å². The van der Waals surface area contributed by atoms with Gasteiger partial charge in [0, 0.05) is 12.2 Å². The molecule has 0 saturated carbocycles. The van der Waals surface area contributed by atoms with Crippen LogP contribution in [0.3, 0.4) is 0 Å². The Morgan fingerprint density at radius 1 is 1.13 bits per heavy atom. The zero-order valence-electron chi connectivity index (χ0n) is 18.2. The molecule has 2 aromatic carbocycles. The summed E-state index contributed by atoms with van der Waals surface area (Å²) in [6, 6.07) is 13.2. The molecule has 0 aromatic heterocycles. The maximum absolute atomic E-state index is 12.5. The number of rotatable bonds is 10. The van der Waals surface area contributed by atoms with E-state index in [1.807, 2.05) is 75.2 Å². The van der Waals surface area contributed by atoms with Crippen molar-refractivity contribution < 1.29 is 14.3 Å². The van der Waals surface area contributed by atoms with Gasteiger partial charge in [-0.2, -0.15) is 0 Å². The lowest BCUT2D eigenvalue weighted by atomic mass is 10.1. The van der Waals surface area contributed by atoms with Crippen molar-refractivity contribution in [3.8, 4) is 5.75 Å². The molecule has 0 bridgehead atoms. The zero-order valence-corrected chi connectivity index (χ0v) is 18.2. The van der Waals surface area contributed by atoms with E-state index in [-0.39, 0.29) is 24.4 Å². The number of para-hydroxylation sites is 1. The number of nitrogens with one attached hydrogen (secondary N) is 2. The lowest BCUT2D eigenvalue weighted by Gasteiger charge is -2.24. The van der Waals surface area contributed by atoms with Crippen molar-refractivity contribution in [2.24, 2.45) is 0 Å². The number of amides is 2. The highest BCUT2D eigenvalue weighted by Gasteiger charge is 2.19. The first-order chi connectivity index (χ1) is 14.3. The van der Waals surface area contributed by atoms with Gasteiger partial charge in [-0.25, -0.2) is 0 Å². The molecular weight excluding hydrogens is 378 g/mol. The van der Waals surface area contributed by atoms with Gasteiger partial charge in [-0.05, 0) is 56.6 Å². The highest BCUT2D eigenvalue weighted by Crippen LogP contribution is 2.19. The first-order valence-corrected chi connectivity index (χ1v) is 9.98. The summed E-state index contributed by atoms with van der Waals surface area (Å²) in [6.45, 7) is 10.3. The summed E-state index contributed by atoms with van der Waals surface area (Å²) in [5.41, 5.74) is 3.84. The average Bonchev–Trinajstić information content (AvgIpc) is 2.73. The van der Waals surface area contributed by atoms with Crippen molar-refractivity contribution in [2.45, 2.75) is 33.4 Å². The lowest BCUT2D eigenvalue weighted by Crippen LogP contribution is -2.45. The van der Waals surface area contributed by atoms with Crippen LogP contribution in [-0.4, -0.2) is 43.0 Å². The minimum atomic E-state index is -0.380. The third kappa shape index (κ3) is 6.74. The van der Waals surface area contributed by atoms with Gasteiger partial charge in [-0.15, -0.1) is 0 Å². The van der Waals surface area contributed by atoms with E-state index in [1.165, 1.54) is 0 Å². The number of carbonyl (C=O) groups is 2. The van der Waals surface area contributed by atoms with Gasteiger partial charge in [0.15, 0.2) is 0 Å². The summed E-state index contributed by atoms with van der Waals surface area (Å²) in [5, 5.41) is 5.59. The van der Waals surface area contributed by atoms with Crippen LogP contribution in [0.15, 0.2) is 55.1 Å². The SMILES string of the molecule is C=CCOc1ccc(CN(C)[C@H](C)C(=O)NCC(=O)Nc2c(C)cccc2C)cc1. The summed E-state index contributed by atoms with van der Waals surface area (Å²) >= 11 is 0. The molecule has 0 radical (unpaired) electrons. The van der Waals surface area contributed by atoms with Gasteiger partial charge in [0.2, 0.25) is 11.8 Å². The largest absolute Gasteiger partial charge is 0.490 e. The van der Waals surface area contributed by atoms with Gasteiger partial charge in [0.1, 0.15) is 12.4 Å². The predicted molar refractivity (Wildman–Crippen MR) is 121 cm³/mol. The number of likely N-dealkylation sites (N-methyl/N-ethyl adjacent to an activating group) is 1. The van der Waals surface area contributed by atoms with Crippen LogP contribution < -0.4 is 15.4 Å². The van der Waals surface area contributed by atoms with Gasteiger partial charge < -0.3 is 15.4 Å². The first-order valence-electron chi connectivity index (χ1n) is 9.98. The second-order valence-corrected chi connectivity index (χ2v) is 7.37. The van der Waals surface area contributed by atoms with Crippen molar-refractivity contribution in [3.63, 3.8) is 0 Å². The number of carbonyl (C=O) groups excluding carboxylic acids is 2. The normalized spacial score (nSPS) is 11.6. The van der Waals surface area contributed by atoms with Gasteiger partial charge in [-0.3, -0.25) is 14.5 Å². The van der Waals surface area contributed by atoms with Gasteiger partial charge >= 0.3 is 0 Å². The van der Waals surface area contributed by atoms with E-state index in [0.29, 0.717) is 13.2 Å². The number of benzene rings is 2. The monoisotopic (exact) mass is 409 g/mol. The number of nitrogens with zero attached hydrogens (tertiary/aromatic N) is 1. The Labute approximate surface area is 178 Å². The van der Waals surface area contributed by atoms with Crippen LogP contribution in [0.25, 0.3) is 0 Å². The van der Waals surface area contributed by atoms with E-state index in [2.05, 4.69) is 17.2 Å². The minimum absolute atomic E-state index is 0.0693. The van der Waals surface area contributed by atoms with E-state index < -0.39 is 0 Å². The van der Waals surface area contributed by atoms with Crippen molar-refractivity contribution in [2.75, 3.05) is 25.5 Å². The number of anilines is 1. The van der Waals surface area contributed by atoms with E-state index in [4.69, 9.17) is 4.74 Å². The maximum Gasteiger partial charge on any atom is 0.243 e. The van der Waals surface area contributed by atoms with Crippen molar-refractivity contribution in [1.82, 2.24) is 10.2 Å². The average molecular weight is 410 g/mol. The molecule has 0 aliphatic carbocycles. The fourth-order valence-electron chi connectivity index (χ4n) is 2.98. The molecule has 160 valence electrons.